The first-order chi connectivity index (χ1) is 18.5. The van der Waals surface area contributed by atoms with Crippen molar-refractivity contribution in [2.45, 2.75) is 25.3 Å². The van der Waals surface area contributed by atoms with Crippen LogP contribution in [-0.4, -0.2) is 17.9 Å². The van der Waals surface area contributed by atoms with Crippen LogP contribution in [-0.2, 0) is 23.2 Å². The van der Waals surface area contributed by atoms with Crippen LogP contribution >= 0.6 is 0 Å². The first-order valence-corrected chi connectivity index (χ1v) is 12.8. The van der Waals surface area contributed by atoms with Crippen molar-refractivity contribution in [1.82, 2.24) is 4.90 Å². The highest BCUT2D eigenvalue weighted by Crippen LogP contribution is 2.46. The molecular formula is C34H30N2O2. The van der Waals surface area contributed by atoms with Gasteiger partial charge in [-0.05, 0) is 53.8 Å². The number of carbonyl (C=O) groups is 1. The lowest BCUT2D eigenvalue weighted by Gasteiger charge is -2.44. The Hall–Kier alpha value is -4.62. The van der Waals surface area contributed by atoms with Crippen molar-refractivity contribution in [3.63, 3.8) is 0 Å². The zero-order valence-corrected chi connectivity index (χ0v) is 21.7. The Kier molecular flexibility index (Phi) is 7.11. The van der Waals surface area contributed by atoms with Gasteiger partial charge >= 0.3 is 0 Å². The molecule has 1 amide bonds. The van der Waals surface area contributed by atoms with E-state index in [-0.39, 0.29) is 5.91 Å². The van der Waals surface area contributed by atoms with Crippen molar-refractivity contribution in [2.75, 3.05) is 7.11 Å². The summed E-state index contributed by atoms with van der Waals surface area (Å²) in [5.74, 6) is -0.372. The van der Waals surface area contributed by atoms with Crippen LogP contribution in [0.4, 0.5) is 0 Å². The summed E-state index contributed by atoms with van der Waals surface area (Å²) in [6.45, 7) is 2.44. The number of aryl methyl sites for hydroxylation is 1. The van der Waals surface area contributed by atoms with Gasteiger partial charge in [0.05, 0.1) is 19.7 Å². The van der Waals surface area contributed by atoms with Crippen molar-refractivity contribution < 1.29 is 9.53 Å². The quantitative estimate of drug-likeness (QED) is 0.285. The van der Waals surface area contributed by atoms with Crippen molar-refractivity contribution >= 4 is 11.6 Å². The lowest BCUT2D eigenvalue weighted by Crippen LogP contribution is -2.50. The van der Waals surface area contributed by atoms with Gasteiger partial charge in [0, 0.05) is 11.1 Å². The summed E-state index contributed by atoms with van der Waals surface area (Å²) in [5.41, 5.74) is 5.02. The van der Waals surface area contributed by atoms with Crippen molar-refractivity contribution in [1.29, 1.82) is 5.26 Å². The van der Waals surface area contributed by atoms with Gasteiger partial charge in [0.1, 0.15) is 11.7 Å². The second-order valence-electron chi connectivity index (χ2n) is 9.80. The van der Waals surface area contributed by atoms with Crippen LogP contribution in [0.3, 0.4) is 0 Å². The molecule has 0 bridgehead atoms. The standard InChI is InChI=1S/C34H30N2O2/c1-25-13-15-28(16-14-25)32-22-34(21-26-9-5-3-6-10-26,29-17-19-30(38-2)20-18-29)31(23-35)33(37)36(32)24-27-11-7-4-8-12-27/h3-20,22,31H,21,24H2,1-2H3. The predicted octanol–water partition coefficient (Wildman–Crippen LogP) is 6.71. The minimum Gasteiger partial charge on any atom is -0.497 e. The van der Waals surface area contributed by atoms with Gasteiger partial charge in [-0.15, -0.1) is 0 Å². The topological polar surface area (TPSA) is 53.3 Å². The Labute approximate surface area is 224 Å². The third-order valence-electron chi connectivity index (χ3n) is 7.34. The van der Waals surface area contributed by atoms with Gasteiger partial charge < -0.3 is 9.64 Å². The van der Waals surface area contributed by atoms with Crippen molar-refractivity contribution in [3.05, 3.63) is 143 Å². The highest BCUT2D eigenvalue weighted by molar-refractivity contribution is 5.95. The Morgan fingerprint density at radius 3 is 2.03 bits per heavy atom. The van der Waals surface area contributed by atoms with E-state index in [1.807, 2.05) is 72.8 Å². The molecule has 0 spiro atoms. The lowest BCUT2D eigenvalue weighted by molar-refractivity contribution is -0.133. The molecule has 0 saturated heterocycles. The van der Waals surface area contributed by atoms with Crippen LogP contribution in [0.15, 0.2) is 115 Å². The third kappa shape index (κ3) is 4.84. The first kappa shape index (κ1) is 25.0. The minimum absolute atomic E-state index is 0.193. The van der Waals surface area contributed by atoms with Gasteiger partial charge in [-0.2, -0.15) is 5.26 Å². The molecular weight excluding hydrogens is 468 g/mol. The van der Waals surface area contributed by atoms with E-state index < -0.39 is 11.3 Å². The number of nitriles is 1. The number of benzene rings is 4. The van der Waals surface area contributed by atoms with Gasteiger partial charge in [-0.25, -0.2) is 0 Å². The number of hydrogen-bond donors (Lipinski definition) is 0. The SMILES string of the molecule is COc1ccc(C2(Cc3ccccc3)C=C(c3ccc(C)cc3)N(Cc3ccccc3)C(=O)C2C#N)cc1. The number of ether oxygens (including phenoxy) is 1. The van der Waals surface area contributed by atoms with Gasteiger partial charge in [-0.1, -0.05) is 103 Å². The molecule has 0 aliphatic carbocycles. The summed E-state index contributed by atoms with van der Waals surface area (Å²) in [4.78, 5) is 16.1. The Morgan fingerprint density at radius 1 is 0.842 bits per heavy atom. The Bertz CT molecular complexity index is 1470. The van der Waals surface area contributed by atoms with Crippen LogP contribution in [0.5, 0.6) is 5.75 Å². The molecule has 38 heavy (non-hydrogen) atoms. The summed E-state index contributed by atoms with van der Waals surface area (Å²) < 4.78 is 5.41. The zero-order valence-electron chi connectivity index (χ0n) is 21.7. The summed E-state index contributed by atoms with van der Waals surface area (Å²) in [6.07, 6.45) is 2.67. The molecule has 4 heteroatoms. The van der Waals surface area contributed by atoms with Crippen molar-refractivity contribution in [2.24, 2.45) is 5.92 Å². The number of allylic oxidation sites excluding steroid dienone is 1. The fourth-order valence-electron chi connectivity index (χ4n) is 5.30. The van der Waals surface area contributed by atoms with Crippen LogP contribution in [0, 0.1) is 24.2 Å². The number of rotatable bonds is 7. The summed E-state index contributed by atoms with van der Waals surface area (Å²) in [7, 11) is 1.63. The molecule has 0 aromatic heterocycles. The molecule has 4 nitrogen and oxygen atoms in total. The highest BCUT2D eigenvalue weighted by atomic mass is 16.5. The smallest absolute Gasteiger partial charge is 0.245 e. The van der Waals surface area contributed by atoms with E-state index in [0.717, 1.165) is 39.3 Å². The van der Waals surface area contributed by atoms with Crippen molar-refractivity contribution in [3.8, 4) is 11.8 Å². The van der Waals surface area contributed by atoms with Gasteiger partial charge in [0.2, 0.25) is 5.91 Å². The molecule has 4 aromatic carbocycles. The molecule has 188 valence electrons. The summed E-state index contributed by atoms with van der Waals surface area (Å²) in [5, 5.41) is 10.6. The molecule has 0 saturated carbocycles. The maximum Gasteiger partial charge on any atom is 0.245 e. The van der Waals surface area contributed by atoms with E-state index in [9.17, 15) is 10.1 Å². The molecule has 0 radical (unpaired) electrons. The third-order valence-corrected chi connectivity index (χ3v) is 7.34. The molecule has 2 unspecified atom stereocenters. The van der Waals surface area contributed by atoms with Crippen LogP contribution in [0.25, 0.3) is 5.70 Å². The van der Waals surface area contributed by atoms with Gasteiger partial charge in [0.15, 0.2) is 0 Å². The Morgan fingerprint density at radius 2 is 1.45 bits per heavy atom. The van der Waals surface area contributed by atoms with Crippen LogP contribution in [0.2, 0.25) is 0 Å². The van der Waals surface area contributed by atoms with E-state index in [1.54, 1.807) is 12.0 Å². The van der Waals surface area contributed by atoms with Crippen LogP contribution < -0.4 is 4.74 Å². The lowest BCUT2D eigenvalue weighted by atomic mass is 9.64. The molecule has 0 fully saturated rings. The molecule has 0 N–H and O–H groups in total. The van der Waals surface area contributed by atoms with E-state index in [1.165, 1.54) is 0 Å². The fourth-order valence-corrected chi connectivity index (χ4v) is 5.30. The molecule has 4 aromatic rings. The normalized spacial score (nSPS) is 19.0. The summed E-state index contributed by atoms with van der Waals surface area (Å²) >= 11 is 0. The zero-order chi connectivity index (χ0) is 26.5. The van der Waals surface area contributed by atoms with E-state index in [2.05, 4.69) is 55.5 Å². The second kappa shape index (κ2) is 10.8. The van der Waals surface area contributed by atoms with Gasteiger partial charge in [-0.3, -0.25) is 4.79 Å². The molecule has 1 aliphatic rings. The number of carbonyl (C=O) groups excluding carboxylic acids is 1. The average molecular weight is 499 g/mol. The number of hydrogen-bond acceptors (Lipinski definition) is 3. The molecule has 1 aliphatic heterocycles. The second-order valence-corrected chi connectivity index (χ2v) is 9.80. The average Bonchev–Trinajstić information content (AvgIpc) is 2.96. The molecule has 5 rings (SSSR count). The number of nitrogens with zero attached hydrogens (tertiary/aromatic N) is 2. The van der Waals surface area contributed by atoms with E-state index >= 15 is 0 Å². The van der Waals surface area contributed by atoms with Gasteiger partial charge in [0.25, 0.3) is 0 Å². The predicted molar refractivity (Wildman–Crippen MR) is 150 cm³/mol. The Balaban J connectivity index is 1.75. The highest BCUT2D eigenvalue weighted by Gasteiger charge is 2.49. The monoisotopic (exact) mass is 498 g/mol. The maximum atomic E-state index is 14.4. The molecule has 2 atom stereocenters. The maximum absolute atomic E-state index is 14.4. The fraction of sp³-hybridized carbons (Fsp3) is 0.176. The molecule has 1 heterocycles. The van der Waals surface area contributed by atoms with Crippen LogP contribution in [0.1, 0.15) is 27.8 Å². The minimum atomic E-state index is -0.908. The van der Waals surface area contributed by atoms with E-state index in [0.29, 0.717) is 13.0 Å². The number of methoxy groups -OCH3 is 1. The summed E-state index contributed by atoms with van der Waals surface area (Å²) in [6, 6.07) is 38.4. The number of amides is 1. The van der Waals surface area contributed by atoms with E-state index in [4.69, 9.17) is 4.74 Å². The first-order valence-electron chi connectivity index (χ1n) is 12.8. The largest absolute Gasteiger partial charge is 0.497 e.